The minimum Gasteiger partial charge on any atom is -0.298 e. The monoisotopic (exact) mass is 412 g/mol. The first-order valence-electron chi connectivity index (χ1n) is 9.65. The zero-order valence-corrected chi connectivity index (χ0v) is 17.5. The van der Waals surface area contributed by atoms with E-state index in [-0.39, 0.29) is 0 Å². The van der Waals surface area contributed by atoms with Crippen molar-refractivity contribution in [2.24, 2.45) is 10.8 Å². The van der Waals surface area contributed by atoms with E-state index in [4.69, 9.17) is 0 Å². The standard InChI is InChI=1S/C23H29BrN2/c1-22-14-23(2,16-25(15-22)12-19-8-4-3-5-9-19)18-26(17-22)13-20-10-6-7-11-21(20)24/h3-11H,12-18H2,1-2H3/t22-,23-/m0/s1. The van der Waals surface area contributed by atoms with Crippen molar-refractivity contribution in [1.82, 2.24) is 9.80 Å². The number of rotatable bonds is 4. The van der Waals surface area contributed by atoms with Crippen molar-refractivity contribution in [2.75, 3.05) is 26.2 Å². The lowest BCUT2D eigenvalue weighted by atomic mass is 9.65. The average molecular weight is 413 g/mol. The van der Waals surface area contributed by atoms with Crippen molar-refractivity contribution in [1.29, 1.82) is 0 Å². The molecule has 2 fully saturated rings. The summed E-state index contributed by atoms with van der Waals surface area (Å²) in [5.74, 6) is 0. The zero-order valence-electron chi connectivity index (χ0n) is 15.9. The Kier molecular flexibility index (Phi) is 4.98. The van der Waals surface area contributed by atoms with Gasteiger partial charge in [0.2, 0.25) is 0 Å². The molecular weight excluding hydrogens is 384 g/mol. The van der Waals surface area contributed by atoms with E-state index in [1.54, 1.807) is 0 Å². The Morgan fingerprint density at radius 2 is 1.31 bits per heavy atom. The highest BCUT2D eigenvalue weighted by Crippen LogP contribution is 2.46. The molecule has 2 nitrogen and oxygen atoms in total. The summed E-state index contributed by atoms with van der Waals surface area (Å²) in [4.78, 5) is 5.37. The molecule has 0 aliphatic carbocycles. The molecule has 2 atom stereocenters. The zero-order chi connectivity index (χ0) is 18.2. The Bertz CT molecular complexity index is 742. The minimum absolute atomic E-state index is 0.376. The van der Waals surface area contributed by atoms with E-state index in [0.717, 1.165) is 13.1 Å². The van der Waals surface area contributed by atoms with Crippen LogP contribution in [0.2, 0.25) is 0 Å². The second-order valence-electron chi connectivity index (χ2n) is 9.17. The van der Waals surface area contributed by atoms with Crippen molar-refractivity contribution in [3.8, 4) is 0 Å². The van der Waals surface area contributed by atoms with Crippen molar-refractivity contribution in [3.05, 3.63) is 70.2 Å². The van der Waals surface area contributed by atoms with Crippen LogP contribution in [0.1, 0.15) is 31.4 Å². The normalized spacial score (nSPS) is 29.7. The molecule has 0 saturated carbocycles. The Labute approximate surface area is 166 Å². The molecule has 0 radical (unpaired) electrons. The van der Waals surface area contributed by atoms with E-state index >= 15 is 0 Å². The van der Waals surface area contributed by atoms with Gasteiger partial charge >= 0.3 is 0 Å². The summed E-state index contributed by atoms with van der Waals surface area (Å²) in [6.45, 7) is 11.9. The molecule has 4 rings (SSSR count). The Morgan fingerprint density at radius 3 is 1.92 bits per heavy atom. The van der Waals surface area contributed by atoms with Crippen LogP contribution in [0.4, 0.5) is 0 Å². The van der Waals surface area contributed by atoms with Crippen LogP contribution >= 0.6 is 15.9 Å². The first-order valence-corrected chi connectivity index (χ1v) is 10.4. The lowest BCUT2D eigenvalue weighted by Crippen LogP contribution is -2.61. The molecule has 2 heterocycles. The number of halogens is 1. The van der Waals surface area contributed by atoms with E-state index in [9.17, 15) is 0 Å². The highest BCUT2D eigenvalue weighted by atomic mass is 79.9. The fourth-order valence-corrected chi connectivity index (χ4v) is 5.97. The van der Waals surface area contributed by atoms with Crippen LogP contribution in [0.5, 0.6) is 0 Å². The largest absolute Gasteiger partial charge is 0.298 e. The van der Waals surface area contributed by atoms with Crippen LogP contribution in [-0.4, -0.2) is 36.0 Å². The number of piperidine rings is 2. The van der Waals surface area contributed by atoms with Crippen molar-refractivity contribution in [2.45, 2.75) is 33.4 Å². The third-order valence-corrected chi connectivity index (χ3v) is 6.65. The van der Waals surface area contributed by atoms with Gasteiger partial charge in [-0.3, -0.25) is 9.80 Å². The molecular formula is C23H29BrN2. The molecule has 0 unspecified atom stereocenters. The summed E-state index contributed by atoms with van der Waals surface area (Å²) in [5.41, 5.74) is 3.59. The van der Waals surface area contributed by atoms with Gasteiger partial charge in [-0.05, 0) is 34.4 Å². The van der Waals surface area contributed by atoms with Crippen molar-refractivity contribution in [3.63, 3.8) is 0 Å². The fourth-order valence-electron chi connectivity index (χ4n) is 5.56. The van der Waals surface area contributed by atoms with Gasteiger partial charge in [-0.1, -0.05) is 78.3 Å². The number of fused-ring (bicyclic) bond motifs is 2. The maximum Gasteiger partial charge on any atom is 0.0245 e. The molecule has 2 saturated heterocycles. The number of benzene rings is 2. The van der Waals surface area contributed by atoms with Gasteiger partial charge in [0, 0.05) is 43.7 Å². The molecule has 0 spiro atoms. The lowest BCUT2D eigenvalue weighted by molar-refractivity contribution is -0.0791. The topological polar surface area (TPSA) is 6.48 Å². The van der Waals surface area contributed by atoms with Gasteiger partial charge in [0.15, 0.2) is 0 Å². The molecule has 2 bridgehead atoms. The Hall–Kier alpha value is -1.16. The number of hydrogen-bond acceptors (Lipinski definition) is 2. The minimum atomic E-state index is 0.376. The van der Waals surface area contributed by atoms with Gasteiger partial charge in [-0.15, -0.1) is 0 Å². The smallest absolute Gasteiger partial charge is 0.0245 e. The maximum atomic E-state index is 3.72. The molecule has 0 N–H and O–H groups in total. The van der Waals surface area contributed by atoms with E-state index in [1.807, 2.05) is 0 Å². The van der Waals surface area contributed by atoms with E-state index in [2.05, 4.69) is 94.2 Å². The van der Waals surface area contributed by atoms with Crippen LogP contribution in [0.3, 0.4) is 0 Å². The summed E-state index contributed by atoms with van der Waals surface area (Å²) < 4.78 is 1.23. The van der Waals surface area contributed by atoms with E-state index in [1.165, 1.54) is 48.2 Å². The predicted molar refractivity (Wildman–Crippen MR) is 112 cm³/mol. The van der Waals surface area contributed by atoms with E-state index in [0.29, 0.717) is 10.8 Å². The summed E-state index contributed by atoms with van der Waals surface area (Å²) in [6, 6.07) is 19.6. The molecule has 2 aromatic carbocycles. The van der Waals surface area contributed by atoms with Gasteiger partial charge in [-0.25, -0.2) is 0 Å². The summed E-state index contributed by atoms with van der Waals surface area (Å²) in [7, 11) is 0. The van der Waals surface area contributed by atoms with Crippen molar-refractivity contribution >= 4 is 15.9 Å². The molecule has 2 aliphatic heterocycles. The van der Waals surface area contributed by atoms with Crippen molar-refractivity contribution < 1.29 is 0 Å². The summed E-state index contributed by atoms with van der Waals surface area (Å²) in [6.07, 6.45) is 1.34. The highest BCUT2D eigenvalue weighted by molar-refractivity contribution is 9.10. The van der Waals surface area contributed by atoms with Crippen LogP contribution in [0, 0.1) is 10.8 Å². The second kappa shape index (κ2) is 7.10. The van der Waals surface area contributed by atoms with Gasteiger partial charge in [-0.2, -0.15) is 0 Å². The lowest BCUT2D eigenvalue weighted by Gasteiger charge is -2.57. The van der Waals surface area contributed by atoms with Crippen LogP contribution in [0.15, 0.2) is 59.1 Å². The van der Waals surface area contributed by atoms with E-state index < -0.39 is 0 Å². The molecule has 138 valence electrons. The molecule has 26 heavy (non-hydrogen) atoms. The quantitative estimate of drug-likeness (QED) is 0.681. The SMILES string of the molecule is C[C@]12CN(Cc3ccccc3)C[C@@](C)(CN(Cc3ccccc3Br)C1)C2. The summed E-state index contributed by atoms with van der Waals surface area (Å²) in [5, 5.41) is 0. The third-order valence-electron chi connectivity index (χ3n) is 5.88. The molecule has 0 aromatic heterocycles. The Morgan fingerprint density at radius 1 is 0.769 bits per heavy atom. The molecule has 2 aromatic rings. The van der Waals surface area contributed by atoms with Gasteiger partial charge in [0.25, 0.3) is 0 Å². The van der Waals surface area contributed by atoms with Crippen LogP contribution in [-0.2, 0) is 13.1 Å². The molecule has 0 amide bonds. The maximum absolute atomic E-state index is 3.72. The molecule has 3 heteroatoms. The van der Waals surface area contributed by atoms with Gasteiger partial charge in [0.1, 0.15) is 0 Å². The Balaban J connectivity index is 1.48. The third kappa shape index (κ3) is 4.05. The van der Waals surface area contributed by atoms with Gasteiger partial charge in [0.05, 0.1) is 0 Å². The van der Waals surface area contributed by atoms with Gasteiger partial charge < -0.3 is 0 Å². The fraction of sp³-hybridized carbons (Fsp3) is 0.478. The number of likely N-dealkylation sites (tertiary alicyclic amines) is 2. The average Bonchev–Trinajstić information content (AvgIpc) is 2.55. The molecule has 2 aliphatic rings. The first kappa shape index (κ1) is 18.2. The predicted octanol–water partition coefficient (Wildman–Crippen LogP) is 5.18. The number of hydrogen-bond donors (Lipinski definition) is 0. The highest BCUT2D eigenvalue weighted by Gasteiger charge is 2.48. The van der Waals surface area contributed by atoms with Crippen LogP contribution in [0.25, 0.3) is 0 Å². The van der Waals surface area contributed by atoms with Crippen LogP contribution < -0.4 is 0 Å². The summed E-state index contributed by atoms with van der Waals surface area (Å²) >= 11 is 3.72. The number of nitrogens with zero attached hydrogens (tertiary/aromatic N) is 2. The first-order chi connectivity index (χ1) is 12.4. The second-order valence-corrected chi connectivity index (χ2v) is 10.0.